The van der Waals surface area contributed by atoms with Crippen LogP contribution >= 0.6 is 0 Å². The van der Waals surface area contributed by atoms with Gasteiger partial charge in [-0.05, 0) is 12.3 Å². The van der Waals surface area contributed by atoms with Gasteiger partial charge in [-0.1, -0.05) is 123 Å². The minimum Gasteiger partial charge on any atom is -0.481 e. The van der Waals surface area contributed by atoms with E-state index in [0.717, 1.165) is 18.8 Å². The predicted octanol–water partition coefficient (Wildman–Crippen LogP) is 8.15. The Morgan fingerprint density at radius 2 is 1.11 bits per heavy atom. The maximum absolute atomic E-state index is 12.1. The molecule has 2 atom stereocenters. The summed E-state index contributed by atoms with van der Waals surface area (Å²) in [6.07, 6.45) is 23.5. The number of unbranched alkanes of at least 4 members (excludes halogenated alkanes) is 15. The number of aliphatic carboxylic acids is 1. The molecule has 0 fully saturated rings. The van der Waals surface area contributed by atoms with E-state index >= 15 is 0 Å². The maximum atomic E-state index is 12.1. The standard InChI is InChI=1S/C30H59NO4/c1-6-27(2)23-21-19-17-15-13-11-9-7-8-10-12-14-16-18-20-22-24-30(34)35-28(25-29(32)33)26-31(3,4)5/h27-28H,6-26H2,1-5H3/p+1. The van der Waals surface area contributed by atoms with E-state index in [9.17, 15) is 9.59 Å². The molecule has 1 N–H and O–H groups in total. The van der Waals surface area contributed by atoms with Crippen molar-refractivity contribution in [3.63, 3.8) is 0 Å². The summed E-state index contributed by atoms with van der Waals surface area (Å²) in [5.41, 5.74) is 0. The Hall–Kier alpha value is -1.10. The van der Waals surface area contributed by atoms with Crippen LogP contribution in [-0.2, 0) is 14.3 Å². The zero-order valence-electron chi connectivity index (χ0n) is 24.1. The van der Waals surface area contributed by atoms with Crippen molar-refractivity contribution in [2.45, 2.75) is 148 Å². The Bertz CT molecular complexity index is 515. The minimum atomic E-state index is -0.922. The normalized spacial score (nSPS) is 13.5. The van der Waals surface area contributed by atoms with Crippen molar-refractivity contribution in [1.29, 1.82) is 0 Å². The van der Waals surface area contributed by atoms with Crippen molar-refractivity contribution in [3.8, 4) is 0 Å². The molecule has 0 aromatic carbocycles. The van der Waals surface area contributed by atoms with E-state index in [1.807, 2.05) is 21.1 Å². The second-order valence-corrected chi connectivity index (χ2v) is 11.9. The van der Waals surface area contributed by atoms with Gasteiger partial charge in [-0.15, -0.1) is 0 Å². The number of carbonyl (C=O) groups is 2. The van der Waals surface area contributed by atoms with E-state index < -0.39 is 12.1 Å². The van der Waals surface area contributed by atoms with Gasteiger partial charge in [-0.25, -0.2) is 0 Å². The number of quaternary nitrogens is 1. The number of ether oxygens (including phenoxy) is 1. The first kappa shape index (κ1) is 33.9. The second-order valence-electron chi connectivity index (χ2n) is 11.9. The molecule has 0 aliphatic carbocycles. The predicted molar refractivity (Wildman–Crippen MR) is 148 cm³/mol. The second kappa shape index (κ2) is 22.1. The quantitative estimate of drug-likeness (QED) is 0.0783. The van der Waals surface area contributed by atoms with Crippen LogP contribution in [0.2, 0.25) is 0 Å². The molecule has 0 aromatic heterocycles. The summed E-state index contributed by atoms with van der Waals surface area (Å²) in [6.45, 7) is 5.18. The van der Waals surface area contributed by atoms with Crippen molar-refractivity contribution in [2.24, 2.45) is 5.92 Å². The first-order valence-electron chi connectivity index (χ1n) is 14.9. The Kier molecular flexibility index (Phi) is 21.4. The lowest BCUT2D eigenvalue weighted by Gasteiger charge is -2.28. The van der Waals surface area contributed by atoms with E-state index in [2.05, 4.69) is 13.8 Å². The summed E-state index contributed by atoms with van der Waals surface area (Å²) in [7, 11) is 5.92. The van der Waals surface area contributed by atoms with Crippen LogP contribution in [0.25, 0.3) is 0 Å². The first-order chi connectivity index (χ1) is 16.6. The average molecular weight is 499 g/mol. The van der Waals surface area contributed by atoms with Gasteiger partial charge in [0.1, 0.15) is 6.54 Å². The van der Waals surface area contributed by atoms with Gasteiger partial charge < -0.3 is 14.3 Å². The van der Waals surface area contributed by atoms with Crippen molar-refractivity contribution in [2.75, 3.05) is 27.7 Å². The number of carboxylic acid groups (broad SMARTS) is 1. The number of likely N-dealkylation sites (N-methyl/N-ethyl adjacent to an activating group) is 1. The van der Waals surface area contributed by atoms with E-state index in [1.54, 1.807) is 0 Å². The molecule has 5 nitrogen and oxygen atoms in total. The molecular formula is C30H60NO4+. The van der Waals surface area contributed by atoms with Crippen LogP contribution in [-0.4, -0.2) is 55.3 Å². The molecule has 0 spiro atoms. The van der Waals surface area contributed by atoms with Gasteiger partial charge in [0.15, 0.2) is 6.10 Å². The highest BCUT2D eigenvalue weighted by molar-refractivity contribution is 5.71. The third-order valence-corrected chi connectivity index (χ3v) is 6.98. The largest absolute Gasteiger partial charge is 0.481 e. The zero-order valence-corrected chi connectivity index (χ0v) is 24.1. The highest BCUT2D eigenvalue weighted by Gasteiger charge is 2.24. The molecule has 0 saturated carbocycles. The molecule has 0 saturated heterocycles. The minimum absolute atomic E-state index is 0.125. The van der Waals surface area contributed by atoms with Crippen LogP contribution in [0, 0.1) is 5.92 Å². The van der Waals surface area contributed by atoms with Gasteiger partial charge in [0.05, 0.1) is 27.6 Å². The number of hydrogen-bond donors (Lipinski definition) is 1. The van der Waals surface area contributed by atoms with Crippen LogP contribution in [0.5, 0.6) is 0 Å². The van der Waals surface area contributed by atoms with Gasteiger partial charge in [0.25, 0.3) is 0 Å². The molecule has 0 rings (SSSR count). The van der Waals surface area contributed by atoms with Gasteiger partial charge in [-0.2, -0.15) is 0 Å². The van der Waals surface area contributed by atoms with Gasteiger partial charge in [-0.3, -0.25) is 9.59 Å². The summed E-state index contributed by atoms with van der Waals surface area (Å²) < 4.78 is 6.02. The summed E-state index contributed by atoms with van der Waals surface area (Å²) >= 11 is 0. The fraction of sp³-hybridized carbons (Fsp3) is 0.933. The SMILES string of the molecule is CCC(C)CCCCCCCCCCCCCCCCCCC(=O)OC(CC(=O)O)C[N+](C)(C)C. The fourth-order valence-corrected chi connectivity index (χ4v) is 4.64. The molecule has 0 aromatic rings. The Morgan fingerprint density at radius 1 is 0.714 bits per heavy atom. The molecule has 208 valence electrons. The molecule has 35 heavy (non-hydrogen) atoms. The van der Waals surface area contributed by atoms with Gasteiger partial charge in [0, 0.05) is 6.42 Å². The molecule has 0 heterocycles. The third kappa shape index (κ3) is 25.8. The molecule has 0 radical (unpaired) electrons. The molecule has 0 amide bonds. The lowest BCUT2D eigenvalue weighted by molar-refractivity contribution is -0.873. The molecule has 5 heteroatoms. The number of esters is 1. The van der Waals surface area contributed by atoms with E-state index in [-0.39, 0.29) is 12.4 Å². The van der Waals surface area contributed by atoms with Crippen molar-refractivity contribution in [3.05, 3.63) is 0 Å². The summed E-state index contributed by atoms with van der Waals surface area (Å²) in [5.74, 6) is -0.268. The van der Waals surface area contributed by atoms with Crippen LogP contribution in [0.4, 0.5) is 0 Å². The highest BCUT2D eigenvalue weighted by atomic mass is 16.5. The maximum Gasteiger partial charge on any atom is 0.307 e. The number of nitrogens with zero attached hydrogens (tertiary/aromatic N) is 1. The van der Waals surface area contributed by atoms with E-state index in [1.165, 1.54) is 103 Å². The summed E-state index contributed by atoms with van der Waals surface area (Å²) in [6, 6.07) is 0. The summed E-state index contributed by atoms with van der Waals surface area (Å²) in [5, 5.41) is 9.05. The van der Waals surface area contributed by atoms with E-state index in [0.29, 0.717) is 17.4 Å². The van der Waals surface area contributed by atoms with Crippen molar-refractivity contribution in [1.82, 2.24) is 0 Å². The highest BCUT2D eigenvalue weighted by Crippen LogP contribution is 2.16. The average Bonchev–Trinajstić information content (AvgIpc) is 2.76. The monoisotopic (exact) mass is 498 g/mol. The summed E-state index contributed by atoms with van der Waals surface area (Å²) in [4.78, 5) is 23.1. The zero-order chi connectivity index (χ0) is 26.4. The fourth-order valence-electron chi connectivity index (χ4n) is 4.64. The molecule has 0 bridgehead atoms. The first-order valence-corrected chi connectivity index (χ1v) is 14.9. The third-order valence-electron chi connectivity index (χ3n) is 6.98. The molecule has 0 aliphatic rings. The smallest absolute Gasteiger partial charge is 0.307 e. The van der Waals surface area contributed by atoms with Crippen molar-refractivity contribution < 1.29 is 23.9 Å². The van der Waals surface area contributed by atoms with Gasteiger partial charge in [0.2, 0.25) is 0 Å². The molecule has 0 aliphatic heterocycles. The number of carbonyl (C=O) groups excluding carboxylic acids is 1. The number of hydrogen-bond acceptors (Lipinski definition) is 3. The Balaban J connectivity index is 3.46. The lowest BCUT2D eigenvalue weighted by atomic mass is 9.99. The van der Waals surface area contributed by atoms with Crippen LogP contribution in [0.3, 0.4) is 0 Å². The lowest BCUT2D eigenvalue weighted by Crippen LogP contribution is -2.43. The number of carboxylic acids is 1. The van der Waals surface area contributed by atoms with Crippen LogP contribution < -0.4 is 0 Å². The van der Waals surface area contributed by atoms with Crippen LogP contribution in [0.1, 0.15) is 142 Å². The number of rotatable bonds is 25. The van der Waals surface area contributed by atoms with E-state index in [4.69, 9.17) is 9.84 Å². The molecular weight excluding hydrogens is 438 g/mol. The molecule has 2 unspecified atom stereocenters. The Morgan fingerprint density at radius 3 is 1.49 bits per heavy atom. The Labute approximate surface area is 218 Å². The topological polar surface area (TPSA) is 63.6 Å². The van der Waals surface area contributed by atoms with Crippen LogP contribution in [0.15, 0.2) is 0 Å². The van der Waals surface area contributed by atoms with Crippen molar-refractivity contribution >= 4 is 11.9 Å². The van der Waals surface area contributed by atoms with Gasteiger partial charge >= 0.3 is 11.9 Å².